The van der Waals surface area contributed by atoms with E-state index in [-0.39, 0.29) is 6.61 Å². The lowest BCUT2D eigenvalue weighted by Gasteiger charge is -2.08. The first-order valence-corrected chi connectivity index (χ1v) is 5.42. The average Bonchev–Trinajstić information content (AvgIpc) is 2.80. The van der Waals surface area contributed by atoms with Gasteiger partial charge in [0.1, 0.15) is 12.4 Å². The fourth-order valence-corrected chi connectivity index (χ4v) is 1.42. The van der Waals surface area contributed by atoms with Crippen molar-refractivity contribution in [2.75, 3.05) is 6.61 Å². The van der Waals surface area contributed by atoms with E-state index in [9.17, 15) is 0 Å². The van der Waals surface area contributed by atoms with Crippen molar-refractivity contribution >= 4 is 0 Å². The molecule has 4 heteroatoms. The summed E-state index contributed by atoms with van der Waals surface area (Å²) in [6.07, 6.45) is 0. The van der Waals surface area contributed by atoms with Crippen LogP contribution in [0.15, 0.2) is 40.8 Å². The SMILES string of the molecule is CCOc1ccccc1Oc1ccc(CO)o1. The number of ether oxygens (including phenoxy) is 2. The zero-order valence-corrected chi connectivity index (χ0v) is 9.55. The smallest absolute Gasteiger partial charge is 0.290 e. The molecule has 0 aliphatic rings. The third kappa shape index (κ3) is 2.79. The van der Waals surface area contributed by atoms with Crippen LogP contribution in [0.4, 0.5) is 0 Å². The van der Waals surface area contributed by atoms with E-state index in [0.717, 1.165) is 0 Å². The van der Waals surface area contributed by atoms with Gasteiger partial charge in [0, 0.05) is 6.07 Å². The quantitative estimate of drug-likeness (QED) is 0.864. The fourth-order valence-electron chi connectivity index (χ4n) is 1.42. The van der Waals surface area contributed by atoms with Gasteiger partial charge in [-0.2, -0.15) is 0 Å². The van der Waals surface area contributed by atoms with Gasteiger partial charge in [-0.05, 0) is 25.1 Å². The van der Waals surface area contributed by atoms with Crippen molar-refractivity contribution in [3.8, 4) is 17.4 Å². The molecule has 1 heterocycles. The summed E-state index contributed by atoms with van der Waals surface area (Å²) in [5.41, 5.74) is 0. The molecule has 4 nitrogen and oxygen atoms in total. The van der Waals surface area contributed by atoms with E-state index in [1.165, 1.54) is 0 Å². The van der Waals surface area contributed by atoms with Crippen LogP contribution in [0.25, 0.3) is 0 Å². The molecule has 90 valence electrons. The molecular formula is C13H14O4. The van der Waals surface area contributed by atoms with Gasteiger partial charge in [-0.15, -0.1) is 0 Å². The molecule has 0 unspecified atom stereocenters. The maximum Gasteiger partial charge on any atom is 0.290 e. The number of para-hydroxylation sites is 2. The second kappa shape index (κ2) is 5.41. The van der Waals surface area contributed by atoms with Gasteiger partial charge in [-0.1, -0.05) is 12.1 Å². The van der Waals surface area contributed by atoms with E-state index in [1.807, 2.05) is 25.1 Å². The van der Waals surface area contributed by atoms with Crippen molar-refractivity contribution in [2.45, 2.75) is 13.5 Å². The van der Waals surface area contributed by atoms with Gasteiger partial charge >= 0.3 is 0 Å². The van der Waals surface area contributed by atoms with Crippen molar-refractivity contribution in [3.05, 3.63) is 42.2 Å². The van der Waals surface area contributed by atoms with E-state index in [2.05, 4.69) is 0 Å². The van der Waals surface area contributed by atoms with Gasteiger partial charge in [-0.25, -0.2) is 0 Å². The van der Waals surface area contributed by atoms with Crippen molar-refractivity contribution in [1.82, 2.24) is 0 Å². The standard InChI is InChI=1S/C13H14O4/c1-2-15-11-5-3-4-6-12(11)17-13-8-7-10(9-14)16-13/h3-8,14H,2,9H2,1H3. The van der Waals surface area contributed by atoms with Gasteiger partial charge in [0.25, 0.3) is 5.95 Å². The Labute approximate surface area is 99.4 Å². The summed E-state index contributed by atoms with van der Waals surface area (Å²) in [7, 11) is 0. The number of hydrogen-bond donors (Lipinski definition) is 1. The predicted molar refractivity (Wildman–Crippen MR) is 62.3 cm³/mol. The molecule has 0 amide bonds. The highest BCUT2D eigenvalue weighted by molar-refractivity contribution is 5.41. The van der Waals surface area contributed by atoms with E-state index in [0.29, 0.717) is 29.8 Å². The molecular weight excluding hydrogens is 220 g/mol. The molecule has 2 rings (SSSR count). The highest BCUT2D eigenvalue weighted by Crippen LogP contribution is 2.32. The van der Waals surface area contributed by atoms with Crippen LogP contribution < -0.4 is 9.47 Å². The first-order chi connectivity index (χ1) is 8.33. The van der Waals surface area contributed by atoms with E-state index in [4.69, 9.17) is 19.0 Å². The van der Waals surface area contributed by atoms with Crippen molar-refractivity contribution in [1.29, 1.82) is 0 Å². The van der Waals surface area contributed by atoms with Crippen LogP contribution in [0.1, 0.15) is 12.7 Å². The lowest BCUT2D eigenvalue weighted by atomic mass is 10.3. The normalized spacial score (nSPS) is 10.2. The second-order valence-electron chi connectivity index (χ2n) is 3.36. The molecule has 0 fully saturated rings. The molecule has 0 radical (unpaired) electrons. The number of aliphatic hydroxyl groups excluding tert-OH is 1. The third-order valence-corrected chi connectivity index (χ3v) is 2.15. The molecule has 0 bridgehead atoms. The number of rotatable bonds is 5. The second-order valence-corrected chi connectivity index (χ2v) is 3.36. The number of benzene rings is 1. The maximum absolute atomic E-state index is 8.88. The van der Waals surface area contributed by atoms with Gasteiger partial charge in [0.2, 0.25) is 0 Å². The molecule has 0 aliphatic heterocycles. The third-order valence-electron chi connectivity index (χ3n) is 2.15. The lowest BCUT2D eigenvalue weighted by molar-refractivity contribution is 0.229. The van der Waals surface area contributed by atoms with E-state index >= 15 is 0 Å². The van der Waals surface area contributed by atoms with Crippen LogP contribution in [-0.2, 0) is 6.61 Å². The zero-order chi connectivity index (χ0) is 12.1. The summed E-state index contributed by atoms with van der Waals surface area (Å²) < 4.78 is 16.2. The summed E-state index contributed by atoms with van der Waals surface area (Å²) in [5.74, 6) is 2.06. The number of furan rings is 1. The van der Waals surface area contributed by atoms with Crippen LogP contribution in [0.2, 0.25) is 0 Å². The van der Waals surface area contributed by atoms with Crippen LogP contribution in [0, 0.1) is 0 Å². The van der Waals surface area contributed by atoms with Crippen molar-refractivity contribution in [2.24, 2.45) is 0 Å². The largest absolute Gasteiger partial charge is 0.490 e. The highest BCUT2D eigenvalue weighted by atomic mass is 16.6. The Bertz CT molecular complexity index is 476. The Kier molecular flexibility index (Phi) is 3.67. The summed E-state index contributed by atoms with van der Waals surface area (Å²) >= 11 is 0. The monoisotopic (exact) mass is 234 g/mol. The average molecular weight is 234 g/mol. The Morgan fingerprint density at radius 1 is 1.12 bits per heavy atom. The van der Waals surface area contributed by atoms with Crippen LogP contribution in [0.3, 0.4) is 0 Å². The Hall–Kier alpha value is -1.94. The van der Waals surface area contributed by atoms with Crippen LogP contribution in [-0.4, -0.2) is 11.7 Å². The summed E-state index contributed by atoms with van der Waals surface area (Å²) in [4.78, 5) is 0. The van der Waals surface area contributed by atoms with E-state index in [1.54, 1.807) is 18.2 Å². The summed E-state index contributed by atoms with van der Waals surface area (Å²) in [6.45, 7) is 2.34. The minimum Gasteiger partial charge on any atom is -0.490 e. The zero-order valence-electron chi connectivity index (χ0n) is 9.55. The molecule has 0 atom stereocenters. The van der Waals surface area contributed by atoms with E-state index < -0.39 is 0 Å². The minimum atomic E-state index is -0.142. The highest BCUT2D eigenvalue weighted by Gasteiger charge is 2.08. The molecule has 17 heavy (non-hydrogen) atoms. The number of hydrogen-bond acceptors (Lipinski definition) is 4. The molecule has 0 saturated carbocycles. The minimum absolute atomic E-state index is 0.142. The maximum atomic E-state index is 8.88. The van der Waals surface area contributed by atoms with Crippen molar-refractivity contribution < 1.29 is 19.0 Å². The van der Waals surface area contributed by atoms with Crippen LogP contribution in [0.5, 0.6) is 17.4 Å². The molecule has 1 N–H and O–H groups in total. The molecule has 1 aromatic carbocycles. The number of aliphatic hydroxyl groups is 1. The van der Waals surface area contributed by atoms with Gasteiger partial charge < -0.3 is 19.0 Å². The Morgan fingerprint density at radius 3 is 2.53 bits per heavy atom. The predicted octanol–water partition coefficient (Wildman–Crippen LogP) is 2.96. The molecule has 1 aromatic heterocycles. The van der Waals surface area contributed by atoms with Crippen molar-refractivity contribution in [3.63, 3.8) is 0 Å². The molecule has 0 aliphatic carbocycles. The van der Waals surface area contributed by atoms with Crippen LogP contribution >= 0.6 is 0 Å². The van der Waals surface area contributed by atoms with Gasteiger partial charge in [0.05, 0.1) is 6.61 Å². The van der Waals surface area contributed by atoms with Gasteiger partial charge in [0.15, 0.2) is 11.5 Å². The molecule has 2 aromatic rings. The summed E-state index contributed by atoms with van der Waals surface area (Å²) in [5, 5.41) is 8.88. The fraction of sp³-hybridized carbons (Fsp3) is 0.231. The molecule has 0 saturated heterocycles. The topological polar surface area (TPSA) is 51.8 Å². The first-order valence-electron chi connectivity index (χ1n) is 5.42. The lowest BCUT2D eigenvalue weighted by Crippen LogP contribution is -1.94. The van der Waals surface area contributed by atoms with Gasteiger partial charge in [-0.3, -0.25) is 0 Å². The summed E-state index contributed by atoms with van der Waals surface area (Å²) in [6, 6.07) is 10.7. The first kappa shape index (κ1) is 11.5. The molecule has 0 spiro atoms. The Morgan fingerprint density at radius 2 is 1.88 bits per heavy atom. The Balaban J connectivity index is 2.17.